The van der Waals surface area contributed by atoms with Crippen LogP contribution in [0.2, 0.25) is 0 Å². The summed E-state index contributed by atoms with van der Waals surface area (Å²) in [5.41, 5.74) is 4.95. The van der Waals surface area contributed by atoms with Crippen molar-refractivity contribution in [2.75, 3.05) is 20.6 Å². The first kappa shape index (κ1) is 14.1. The highest BCUT2D eigenvalue weighted by molar-refractivity contribution is 5.75. The Hall–Kier alpha value is -1.95. The number of primary amides is 1. The quantitative estimate of drug-likeness (QED) is 0.603. The second-order valence-electron chi connectivity index (χ2n) is 3.30. The number of carbonyl (C=O) groups excluding carboxylic acids is 1. The third kappa shape index (κ3) is 7.45. The van der Waals surface area contributed by atoms with E-state index in [1.54, 1.807) is 37.2 Å². The van der Waals surface area contributed by atoms with Gasteiger partial charge in [0.05, 0.1) is 11.5 Å². The zero-order valence-electron chi connectivity index (χ0n) is 9.29. The number of non-ortho nitro benzene ring substituents is 1. The summed E-state index contributed by atoms with van der Waals surface area (Å²) < 4.78 is 0. The second-order valence-corrected chi connectivity index (χ2v) is 3.30. The van der Waals surface area contributed by atoms with Gasteiger partial charge in [0.1, 0.15) is 0 Å². The fourth-order valence-corrected chi connectivity index (χ4v) is 0.861. The first-order valence-corrected chi connectivity index (χ1v) is 4.56. The van der Waals surface area contributed by atoms with E-state index in [-0.39, 0.29) is 11.6 Å². The number of amides is 1. The highest BCUT2D eigenvalue weighted by Crippen LogP contribution is 2.06. The molecule has 1 aromatic rings. The van der Waals surface area contributed by atoms with E-state index in [0.29, 0.717) is 6.54 Å². The van der Waals surface area contributed by atoms with E-state index in [9.17, 15) is 14.9 Å². The number of nitro benzene ring substituents is 1. The first-order chi connectivity index (χ1) is 7.43. The van der Waals surface area contributed by atoms with Crippen LogP contribution in [0, 0.1) is 10.1 Å². The lowest BCUT2D eigenvalue weighted by atomic mass is 10.3. The third-order valence-electron chi connectivity index (χ3n) is 1.44. The van der Waals surface area contributed by atoms with Gasteiger partial charge in [-0.25, -0.2) is 0 Å². The molecule has 0 heterocycles. The fraction of sp³-hybridized carbons (Fsp3) is 0.300. The molecule has 0 spiro atoms. The molecule has 1 rings (SSSR count). The molecule has 0 saturated heterocycles. The van der Waals surface area contributed by atoms with E-state index >= 15 is 0 Å². The predicted octanol–water partition coefficient (Wildman–Crippen LogP) is 0.628. The van der Waals surface area contributed by atoms with Gasteiger partial charge in [0.15, 0.2) is 0 Å². The summed E-state index contributed by atoms with van der Waals surface area (Å²) in [5, 5.41) is 10.0. The Balaban J connectivity index is 0.000000293. The van der Waals surface area contributed by atoms with Crippen LogP contribution < -0.4 is 5.73 Å². The Morgan fingerprint density at radius 2 is 1.88 bits per heavy atom. The predicted molar refractivity (Wildman–Crippen MR) is 60.8 cm³/mol. The van der Waals surface area contributed by atoms with Gasteiger partial charge in [0.25, 0.3) is 5.69 Å². The molecule has 0 fully saturated rings. The van der Waals surface area contributed by atoms with Gasteiger partial charge >= 0.3 is 0 Å². The molecule has 0 aromatic heterocycles. The van der Waals surface area contributed by atoms with Gasteiger partial charge in [-0.05, 0) is 14.1 Å². The van der Waals surface area contributed by atoms with Crippen molar-refractivity contribution in [3.05, 3.63) is 40.4 Å². The molecule has 6 nitrogen and oxygen atoms in total. The van der Waals surface area contributed by atoms with Crippen molar-refractivity contribution in [3.8, 4) is 0 Å². The lowest BCUT2D eigenvalue weighted by molar-refractivity contribution is -0.384. The maximum atomic E-state index is 10.0. The average molecular weight is 225 g/mol. The molecule has 0 aliphatic heterocycles. The van der Waals surface area contributed by atoms with Crippen molar-refractivity contribution < 1.29 is 9.72 Å². The van der Waals surface area contributed by atoms with Gasteiger partial charge < -0.3 is 10.6 Å². The smallest absolute Gasteiger partial charge is 0.269 e. The SMILES string of the molecule is CN(C)CC(N)=O.O=[N+]([O-])c1ccccc1. The molecule has 0 aliphatic rings. The molecule has 0 radical (unpaired) electrons. The third-order valence-corrected chi connectivity index (χ3v) is 1.44. The molecule has 0 atom stereocenters. The summed E-state index contributed by atoms with van der Waals surface area (Å²) in [6.07, 6.45) is 0. The molecule has 88 valence electrons. The Morgan fingerprint density at radius 3 is 2.06 bits per heavy atom. The summed E-state index contributed by atoms with van der Waals surface area (Å²) in [6.45, 7) is 0.333. The second kappa shape index (κ2) is 7.36. The summed E-state index contributed by atoms with van der Waals surface area (Å²) >= 11 is 0. The fourth-order valence-electron chi connectivity index (χ4n) is 0.861. The highest BCUT2D eigenvalue weighted by Gasteiger charge is 1.98. The summed E-state index contributed by atoms with van der Waals surface area (Å²) in [7, 11) is 3.59. The highest BCUT2D eigenvalue weighted by atomic mass is 16.6. The van der Waals surface area contributed by atoms with Crippen LogP contribution in [-0.4, -0.2) is 36.4 Å². The minimum atomic E-state index is -0.417. The van der Waals surface area contributed by atoms with Crippen molar-refractivity contribution in [1.29, 1.82) is 0 Å². The number of nitrogens with two attached hydrogens (primary N) is 1. The molecule has 16 heavy (non-hydrogen) atoms. The van der Waals surface area contributed by atoms with Crippen LogP contribution >= 0.6 is 0 Å². The van der Waals surface area contributed by atoms with Crippen LogP contribution in [0.1, 0.15) is 0 Å². The summed E-state index contributed by atoms with van der Waals surface area (Å²) in [4.78, 5) is 21.3. The Kier molecular flexibility index (Phi) is 6.46. The average Bonchev–Trinajstić information content (AvgIpc) is 2.17. The number of benzene rings is 1. The number of para-hydroxylation sites is 1. The zero-order chi connectivity index (χ0) is 12.6. The minimum absolute atomic E-state index is 0.137. The van der Waals surface area contributed by atoms with Gasteiger partial charge in [-0.3, -0.25) is 14.9 Å². The molecule has 0 saturated carbocycles. The lowest BCUT2D eigenvalue weighted by Gasteiger charge is -2.02. The number of rotatable bonds is 3. The van der Waals surface area contributed by atoms with E-state index < -0.39 is 4.92 Å². The zero-order valence-corrected chi connectivity index (χ0v) is 9.29. The van der Waals surface area contributed by atoms with Gasteiger partial charge in [0, 0.05) is 12.1 Å². The molecule has 0 bridgehead atoms. The van der Waals surface area contributed by atoms with Crippen molar-refractivity contribution in [2.45, 2.75) is 0 Å². The Labute approximate surface area is 93.8 Å². The molecule has 2 N–H and O–H groups in total. The summed E-state index contributed by atoms with van der Waals surface area (Å²) in [6, 6.07) is 7.93. The molecular formula is C10H15N3O3. The molecule has 1 amide bonds. The van der Waals surface area contributed by atoms with E-state index in [0.717, 1.165) is 0 Å². The number of hydrogen-bond acceptors (Lipinski definition) is 4. The largest absolute Gasteiger partial charge is 0.369 e. The van der Waals surface area contributed by atoms with Crippen molar-refractivity contribution in [2.24, 2.45) is 5.73 Å². The van der Waals surface area contributed by atoms with E-state index in [4.69, 9.17) is 5.73 Å². The van der Waals surface area contributed by atoms with Gasteiger partial charge in [-0.2, -0.15) is 0 Å². The van der Waals surface area contributed by atoms with Crippen LogP contribution in [0.25, 0.3) is 0 Å². The number of nitrogens with zero attached hydrogens (tertiary/aromatic N) is 2. The Bertz CT molecular complexity index is 338. The van der Waals surface area contributed by atoms with Crippen LogP contribution in [0.15, 0.2) is 30.3 Å². The van der Waals surface area contributed by atoms with E-state index in [2.05, 4.69) is 0 Å². The van der Waals surface area contributed by atoms with Crippen molar-refractivity contribution in [3.63, 3.8) is 0 Å². The van der Waals surface area contributed by atoms with Crippen LogP contribution in [0.5, 0.6) is 0 Å². The van der Waals surface area contributed by atoms with Crippen molar-refractivity contribution >= 4 is 11.6 Å². The van der Waals surface area contributed by atoms with Crippen LogP contribution in [0.4, 0.5) is 5.69 Å². The van der Waals surface area contributed by atoms with E-state index in [1.807, 2.05) is 0 Å². The summed E-state index contributed by atoms with van der Waals surface area (Å²) in [5.74, 6) is -0.287. The molecule has 6 heteroatoms. The molecule has 0 aliphatic carbocycles. The first-order valence-electron chi connectivity index (χ1n) is 4.56. The van der Waals surface area contributed by atoms with Gasteiger partial charge in [0.2, 0.25) is 5.91 Å². The standard InChI is InChI=1S/C6H5NO2.C4H10N2O/c8-7(9)6-4-2-1-3-5-6;1-6(2)3-4(5)7/h1-5H;3H2,1-2H3,(H2,5,7). The molecular weight excluding hydrogens is 210 g/mol. The monoisotopic (exact) mass is 225 g/mol. The molecule has 0 unspecified atom stereocenters. The van der Waals surface area contributed by atoms with E-state index in [1.165, 1.54) is 12.1 Å². The number of hydrogen-bond donors (Lipinski definition) is 1. The lowest BCUT2D eigenvalue weighted by Crippen LogP contribution is -2.27. The van der Waals surface area contributed by atoms with Gasteiger partial charge in [-0.1, -0.05) is 18.2 Å². The Morgan fingerprint density at radius 1 is 1.38 bits per heavy atom. The number of likely N-dealkylation sites (N-methyl/N-ethyl adjacent to an activating group) is 1. The minimum Gasteiger partial charge on any atom is -0.369 e. The van der Waals surface area contributed by atoms with Gasteiger partial charge in [-0.15, -0.1) is 0 Å². The maximum Gasteiger partial charge on any atom is 0.269 e. The van der Waals surface area contributed by atoms with Crippen LogP contribution in [0.3, 0.4) is 0 Å². The molecule has 1 aromatic carbocycles. The van der Waals surface area contributed by atoms with Crippen LogP contribution in [-0.2, 0) is 4.79 Å². The topological polar surface area (TPSA) is 89.5 Å². The number of carbonyl (C=O) groups is 1. The maximum absolute atomic E-state index is 10.0. The normalized spacial score (nSPS) is 9.19. The number of nitro groups is 1. The van der Waals surface area contributed by atoms with Crippen molar-refractivity contribution in [1.82, 2.24) is 4.90 Å².